The van der Waals surface area contributed by atoms with Crippen molar-refractivity contribution in [2.75, 3.05) is 11.4 Å². The van der Waals surface area contributed by atoms with Crippen molar-refractivity contribution >= 4 is 5.69 Å². The van der Waals surface area contributed by atoms with E-state index < -0.39 is 0 Å². The first-order chi connectivity index (χ1) is 9.47. The highest BCUT2D eigenvalue weighted by atomic mass is 15.2. The lowest BCUT2D eigenvalue weighted by molar-refractivity contribution is 0.588. The molecule has 0 spiro atoms. The molecule has 2 nitrogen and oxygen atoms in total. The molecule has 1 aromatic rings. The lowest BCUT2D eigenvalue weighted by Gasteiger charge is -2.28. The molecule has 0 unspecified atom stereocenters. The fraction of sp³-hybridized carbons (Fsp3) is 0.667. The summed E-state index contributed by atoms with van der Waals surface area (Å²) in [6.07, 6.45) is 2.73. The lowest BCUT2D eigenvalue weighted by atomic mass is 10.1. The van der Waals surface area contributed by atoms with E-state index in [9.17, 15) is 0 Å². The van der Waals surface area contributed by atoms with Crippen LogP contribution in [0.15, 0.2) is 18.2 Å². The second-order valence-corrected chi connectivity index (χ2v) is 6.93. The number of hydrogen-bond donors (Lipinski definition) is 1. The van der Waals surface area contributed by atoms with Crippen LogP contribution in [0.3, 0.4) is 0 Å². The van der Waals surface area contributed by atoms with E-state index in [1.165, 1.54) is 36.2 Å². The Morgan fingerprint density at radius 1 is 1.20 bits per heavy atom. The van der Waals surface area contributed by atoms with E-state index >= 15 is 0 Å². The number of benzene rings is 1. The molecule has 2 rings (SSSR count). The first kappa shape index (κ1) is 15.4. The smallest absolute Gasteiger partial charge is 0.0398 e. The van der Waals surface area contributed by atoms with Gasteiger partial charge in [-0.1, -0.05) is 39.8 Å². The summed E-state index contributed by atoms with van der Waals surface area (Å²) >= 11 is 0. The van der Waals surface area contributed by atoms with Gasteiger partial charge in [-0.2, -0.15) is 0 Å². The fourth-order valence-corrected chi connectivity index (χ4v) is 2.70. The summed E-state index contributed by atoms with van der Waals surface area (Å²) in [5.74, 6) is 0.720. The summed E-state index contributed by atoms with van der Waals surface area (Å²) < 4.78 is 0. The molecule has 1 saturated carbocycles. The normalized spacial score (nSPS) is 15.2. The standard InChI is InChI=1S/C18H30N2/c1-13(2)12-20(17-7-8-17)18-9-6-16(10-15(18)5)11-19-14(3)4/h6,9-10,13-14,17,19H,7-8,11-12H2,1-5H3. The van der Waals surface area contributed by atoms with Crippen molar-refractivity contribution in [3.8, 4) is 0 Å². The summed E-state index contributed by atoms with van der Waals surface area (Å²) in [4.78, 5) is 2.62. The van der Waals surface area contributed by atoms with Crippen LogP contribution in [0.25, 0.3) is 0 Å². The quantitative estimate of drug-likeness (QED) is 0.804. The van der Waals surface area contributed by atoms with Gasteiger partial charge in [-0.25, -0.2) is 0 Å². The number of anilines is 1. The van der Waals surface area contributed by atoms with Crippen molar-refractivity contribution in [3.63, 3.8) is 0 Å². The van der Waals surface area contributed by atoms with E-state index in [0.29, 0.717) is 6.04 Å². The Labute approximate surface area is 124 Å². The van der Waals surface area contributed by atoms with E-state index in [1.54, 1.807) is 0 Å². The predicted octanol–water partition coefficient (Wildman–Crippen LogP) is 4.12. The summed E-state index contributed by atoms with van der Waals surface area (Å²) in [6.45, 7) is 13.4. The van der Waals surface area contributed by atoms with Crippen LogP contribution < -0.4 is 10.2 Å². The van der Waals surface area contributed by atoms with Gasteiger partial charge in [0.05, 0.1) is 0 Å². The van der Waals surface area contributed by atoms with Gasteiger partial charge in [0.2, 0.25) is 0 Å². The van der Waals surface area contributed by atoms with Gasteiger partial charge in [-0.15, -0.1) is 0 Å². The second kappa shape index (κ2) is 6.62. The molecule has 2 heteroatoms. The van der Waals surface area contributed by atoms with Crippen LogP contribution in [0.4, 0.5) is 5.69 Å². The van der Waals surface area contributed by atoms with Gasteiger partial charge in [0.1, 0.15) is 0 Å². The maximum Gasteiger partial charge on any atom is 0.0398 e. The fourth-order valence-electron chi connectivity index (χ4n) is 2.70. The second-order valence-electron chi connectivity index (χ2n) is 6.93. The summed E-state index contributed by atoms with van der Waals surface area (Å²) in [5, 5.41) is 3.49. The SMILES string of the molecule is Cc1cc(CNC(C)C)ccc1N(CC(C)C)C1CC1. The third kappa shape index (κ3) is 4.24. The van der Waals surface area contributed by atoms with Gasteiger partial charge >= 0.3 is 0 Å². The number of rotatable bonds is 7. The Balaban J connectivity index is 2.10. The van der Waals surface area contributed by atoms with Gasteiger partial charge in [0.25, 0.3) is 0 Å². The molecule has 1 aliphatic rings. The molecular weight excluding hydrogens is 244 g/mol. The summed E-state index contributed by atoms with van der Waals surface area (Å²) in [7, 11) is 0. The molecule has 0 amide bonds. The van der Waals surface area contributed by atoms with Crippen LogP contribution in [-0.4, -0.2) is 18.6 Å². The van der Waals surface area contributed by atoms with Crippen LogP contribution in [0, 0.1) is 12.8 Å². The van der Waals surface area contributed by atoms with Crippen LogP contribution >= 0.6 is 0 Å². The minimum atomic E-state index is 0.541. The maximum atomic E-state index is 3.49. The average Bonchev–Trinajstić information content (AvgIpc) is 3.18. The molecule has 0 atom stereocenters. The van der Waals surface area contributed by atoms with Crippen molar-refractivity contribution in [2.24, 2.45) is 5.92 Å². The van der Waals surface area contributed by atoms with Crippen molar-refractivity contribution in [1.82, 2.24) is 5.32 Å². The third-order valence-electron chi connectivity index (χ3n) is 3.83. The van der Waals surface area contributed by atoms with Gasteiger partial charge < -0.3 is 10.2 Å². The summed E-state index contributed by atoms with van der Waals surface area (Å²) in [6, 6.07) is 8.29. The summed E-state index contributed by atoms with van der Waals surface area (Å²) in [5.41, 5.74) is 4.25. The molecule has 0 aromatic heterocycles. The van der Waals surface area contributed by atoms with Crippen LogP contribution in [0.5, 0.6) is 0 Å². The zero-order chi connectivity index (χ0) is 14.7. The van der Waals surface area contributed by atoms with Gasteiger partial charge in [-0.05, 0) is 42.9 Å². The number of nitrogens with one attached hydrogen (secondary N) is 1. The molecule has 0 radical (unpaired) electrons. The van der Waals surface area contributed by atoms with Crippen molar-refractivity contribution in [1.29, 1.82) is 0 Å². The number of nitrogens with zero attached hydrogens (tertiary/aromatic N) is 1. The van der Waals surface area contributed by atoms with Crippen molar-refractivity contribution in [3.05, 3.63) is 29.3 Å². The minimum absolute atomic E-state index is 0.541. The molecule has 20 heavy (non-hydrogen) atoms. The first-order valence-electron chi connectivity index (χ1n) is 8.07. The minimum Gasteiger partial charge on any atom is -0.368 e. The molecule has 112 valence electrons. The largest absolute Gasteiger partial charge is 0.368 e. The Morgan fingerprint density at radius 2 is 1.90 bits per heavy atom. The molecule has 0 saturated heterocycles. The Kier molecular flexibility index (Phi) is 5.09. The van der Waals surface area contributed by atoms with Gasteiger partial charge in [0, 0.05) is 30.9 Å². The van der Waals surface area contributed by atoms with E-state index in [1.807, 2.05) is 0 Å². The van der Waals surface area contributed by atoms with Crippen LogP contribution in [0.1, 0.15) is 51.7 Å². The molecule has 0 aliphatic heterocycles. The van der Waals surface area contributed by atoms with Crippen LogP contribution in [-0.2, 0) is 6.54 Å². The van der Waals surface area contributed by atoms with E-state index in [0.717, 1.165) is 18.5 Å². The monoisotopic (exact) mass is 274 g/mol. The average molecular weight is 274 g/mol. The maximum absolute atomic E-state index is 3.49. The zero-order valence-electron chi connectivity index (χ0n) is 13.7. The highest BCUT2D eigenvalue weighted by Crippen LogP contribution is 2.34. The number of aryl methyl sites for hydroxylation is 1. The molecule has 0 heterocycles. The molecular formula is C18H30N2. The van der Waals surface area contributed by atoms with E-state index in [2.05, 4.69) is 63.0 Å². The molecule has 1 N–H and O–H groups in total. The topological polar surface area (TPSA) is 15.3 Å². The van der Waals surface area contributed by atoms with Crippen LogP contribution in [0.2, 0.25) is 0 Å². The first-order valence-corrected chi connectivity index (χ1v) is 8.07. The van der Waals surface area contributed by atoms with Crippen molar-refractivity contribution in [2.45, 2.75) is 66.1 Å². The lowest BCUT2D eigenvalue weighted by Crippen LogP contribution is -2.30. The molecule has 1 aromatic carbocycles. The highest BCUT2D eigenvalue weighted by molar-refractivity contribution is 5.56. The predicted molar refractivity (Wildman–Crippen MR) is 88.4 cm³/mol. The molecule has 1 aliphatic carbocycles. The van der Waals surface area contributed by atoms with Crippen molar-refractivity contribution < 1.29 is 0 Å². The highest BCUT2D eigenvalue weighted by Gasteiger charge is 2.30. The van der Waals surface area contributed by atoms with E-state index in [4.69, 9.17) is 0 Å². The van der Waals surface area contributed by atoms with E-state index in [-0.39, 0.29) is 0 Å². The number of hydrogen-bond acceptors (Lipinski definition) is 2. The third-order valence-corrected chi connectivity index (χ3v) is 3.83. The Hall–Kier alpha value is -1.02. The van der Waals surface area contributed by atoms with Gasteiger partial charge in [-0.3, -0.25) is 0 Å². The zero-order valence-corrected chi connectivity index (χ0v) is 13.7. The Bertz CT molecular complexity index is 433. The van der Waals surface area contributed by atoms with Gasteiger partial charge in [0.15, 0.2) is 0 Å². The Morgan fingerprint density at radius 3 is 2.40 bits per heavy atom. The molecule has 0 bridgehead atoms. The molecule has 1 fully saturated rings.